The smallest absolute Gasteiger partial charge is 0.357 e. The number of nitrogens with two attached hydrogens (primary N) is 2. The fraction of sp³-hybridized carbons (Fsp3) is 0.750. The van der Waals surface area contributed by atoms with E-state index in [0.717, 1.165) is 0 Å². The minimum absolute atomic E-state index is 0.0632. The molecule has 0 unspecified atom stereocenters. The van der Waals surface area contributed by atoms with E-state index in [9.17, 15) is 27.8 Å². The Morgan fingerprint density at radius 2 is 0.800 bits per heavy atom. The Morgan fingerprint density at radius 3 is 0.933 bits per heavy atom. The Labute approximate surface area is 167 Å². The number of hydrogen-bond acceptors (Lipinski definition) is 8. The molecule has 0 aliphatic rings. The average molecular weight is 526 g/mol. The molecule has 0 heterocycles. The van der Waals surface area contributed by atoms with E-state index in [1.165, 1.54) is 0 Å². The summed E-state index contributed by atoms with van der Waals surface area (Å²) in [5.41, 5.74) is 9.68. The van der Waals surface area contributed by atoms with Crippen LogP contribution >= 0.6 is 30.4 Å². The number of aliphatic carboxylic acids is 2. The predicted octanol–water partition coefficient (Wildman–Crippen LogP) is -2.36. The lowest BCUT2D eigenvalue weighted by molar-refractivity contribution is -0.138. The van der Waals surface area contributed by atoms with Crippen molar-refractivity contribution in [3.63, 3.8) is 0 Å². The maximum atomic E-state index is 11.1. The van der Waals surface area contributed by atoms with Crippen LogP contribution in [0, 0.1) is 0 Å². The molecule has 0 atom stereocenters. The first-order valence-electron chi connectivity index (χ1n) is 7.07. The van der Waals surface area contributed by atoms with Crippen molar-refractivity contribution in [2.45, 2.75) is 35.7 Å². The van der Waals surface area contributed by atoms with E-state index in [0.29, 0.717) is 0 Å². The SMILES string of the molecule is NC(CC(N)(P(=O)(O)O)P(=O)(O)O)(P(=O)(O)O)P(=O)(O)O.O=C(O)CCCC(=O)O. The molecule has 0 saturated heterocycles. The maximum absolute atomic E-state index is 11.1. The van der Waals surface area contributed by atoms with Crippen LogP contribution in [0.3, 0.4) is 0 Å². The number of carboxylic acid groups (broad SMARTS) is 2. The molecule has 0 aromatic carbocycles. The van der Waals surface area contributed by atoms with Gasteiger partial charge in [-0.05, 0) is 6.42 Å². The van der Waals surface area contributed by atoms with Crippen molar-refractivity contribution in [1.29, 1.82) is 0 Å². The Hall–Kier alpha value is -0.540. The summed E-state index contributed by atoms with van der Waals surface area (Å²) in [6, 6.07) is 0. The van der Waals surface area contributed by atoms with E-state index in [-0.39, 0.29) is 19.3 Å². The molecule has 0 aromatic heterocycles. The van der Waals surface area contributed by atoms with Gasteiger partial charge in [0.1, 0.15) is 0 Å². The monoisotopic (exact) mass is 526 g/mol. The fourth-order valence-corrected chi connectivity index (χ4v) is 6.56. The molecule has 22 heteroatoms. The molecule has 0 aliphatic carbocycles. The zero-order valence-corrected chi connectivity index (χ0v) is 18.3. The van der Waals surface area contributed by atoms with E-state index < -0.39 is 58.8 Å². The lowest BCUT2D eigenvalue weighted by Crippen LogP contribution is -2.51. The molecule has 30 heavy (non-hydrogen) atoms. The van der Waals surface area contributed by atoms with Gasteiger partial charge in [0.2, 0.25) is 10.0 Å². The number of carbonyl (C=O) groups is 2. The van der Waals surface area contributed by atoms with Gasteiger partial charge in [-0.25, -0.2) is 0 Å². The Kier molecular flexibility index (Phi) is 11.0. The highest BCUT2D eigenvalue weighted by atomic mass is 31.2. The van der Waals surface area contributed by atoms with Gasteiger partial charge in [0, 0.05) is 19.3 Å². The van der Waals surface area contributed by atoms with Crippen LogP contribution in [0.25, 0.3) is 0 Å². The third kappa shape index (κ3) is 8.54. The molecule has 0 rings (SSSR count). The molecule has 180 valence electrons. The van der Waals surface area contributed by atoms with E-state index in [1.54, 1.807) is 0 Å². The fourth-order valence-electron chi connectivity index (χ4n) is 1.53. The van der Waals surface area contributed by atoms with Crippen LogP contribution in [0.2, 0.25) is 0 Å². The van der Waals surface area contributed by atoms with E-state index in [4.69, 9.17) is 60.8 Å². The molecule has 0 spiro atoms. The second-order valence-electron chi connectivity index (χ2n) is 5.75. The van der Waals surface area contributed by atoms with E-state index in [2.05, 4.69) is 0 Å². The second kappa shape index (κ2) is 10.4. The molecule has 14 N–H and O–H groups in total. The quantitative estimate of drug-likeness (QED) is 0.132. The highest BCUT2D eigenvalue weighted by Gasteiger charge is 2.68. The summed E-state index contributed by atoms with van der Waals surface area (Å²) < 4.78 is 44.6. The van der Waals surface area contributed by atoms with Gasteiger partial charge in [0.05, 0.1) is 0 Å². The summed E-state index contributed by atoms with van der Waals surface area (Å²) in [7, 11) is -24.0. The van der Waals surface area contributed by atoms with E-state index >= 15 is 0 Å². The molecular formula is C8H22N2O16P4. The third-order valence-corrected chi connectivity index (χ3v) is 11.1. The van der Waals surface area contributed by atoms with Crippen molar-refractivity contribution in [2.75, 3.05) is 0 Å². The highest BCUT2D eigenvalue weighted by molar-refractivity contribution is 7.74. The van der Waals surface area contributed by atoms with Crippen LogP contribution in [0.15, 0.2) is 0 Å². The summed E-state index contributed by atoms with van der Waals surface area (Å²) in [5, 5.41) is 8.06. The van der Waals surface area contributed by atoms with E-state index in [1.807, 2.05) is 0 Å². The van der Waals surface area contributed by atoms with Gasteiger partial charge >= 0.3 is 42.3 Å². The first-order chi connectivity index (χ1) is 12.8. The third-order valence-electron chi connectivity index (χ3n) is 3.32. The minimum atomic E-state index is -6.00. The number of carboxylic acids is 2. The summed E-state index contributed by atoms with van der Waals surface area (Å²) in [6.45, 7) is 0. The summed E-state index contributed by atoms with van der Waals surface area (Å²) in [4.78, 5) is 90.8. The summed E-state index contributed by atoms with van der Waals surface area (Å²) in [6.07, 6.45) is -2.16. The van der Waals surface area contributed by atoms with Gasteiger partial charge in [0.15, 0.2) is 0 Å². The summed E-state index contributed by atoms with van der Waals surface area (Å²) in [5.74, 6) is -1.90. The Balaban J connectivity index is 0. The van der Waals surface area contributed by atoms with Crippen molar-refractivity contribution >= 4 is 42.3 Å². The standard InChI is InChI=1S/C5H8O4.C3H14N2O12P4/c6-4(7)2-1-3-5(8)9;4-2(18(6,7)8,19(9,10)11)1-3(5,20(12,13)14)21(15,16)17/h1-3H2,(H,6,7)(H,8,9);1,4-5H2,(H2,6,7,8)(H2,9,10,11)(H2,12,13,14)(H2,15,16,17). The van der Waals surface area contributed by atoms with Crippen molar-refractivity contribution in [3.05, 3.63) is 0 Å². The van der Waals surface area contributed by atoms with Crippen LogP contribution in [-0.2, 0) is 27.8 Å². The van der Waals surface area contributed by atoms with Crippen LogP contribution in [-0.4, -0.2) is 71.3 Å². The number of rotatable bonds is 10. The molecule has 0 aromatic rings. The van der Waals surface area contributed by atoms with Crippen LogP contribution in [0.4, 0.5) is 0 Å². The zero-order valence-electron chi connectivity index (χ0n) is 14.7. The second-order valence-corrected chi connectivity index (χ2v) is 14.0. The van der Waals surface area contributed by atoms with Crippen molar-refractivity contribution < 1.29 is 77.2 Å². The summed E-state index contributed by atoms with van der Waals surface area (Å²) >= 11 is 0. The molecule has 0 amide bonds. The maximum Gasteiger partial charge on any atom is 0.357 e. The van der Waals surface area contributed by atoms with Crippen molar-refractivity contribution in [1.82, 2.24) is 0 Å². The van der Waals surface area contributed by atoms with Crippen LogP contribution in [0.5, 0.6) is 0 Å². The molecule has 0 saturated carbocycles. The first-order valence-corrected chi connectivity index (χ1v) is 13.5. The van der Waals surface area contributed by atoms with Gasteiger partial charge in [-0.1, -0.05) is 0 Å². The lowest BCUT2D eigenvalue weighted by atomic mass is 10.2. The molecule has 0 fully saturated rings. The van der Waals surface area contributed by atoms with Gasteiger partial charge < -0.3 is 60.8 Å². The predicted molar refractivity (Wildman–Crippen MR) is 95.8 cm³/mol. The molecule has 0 aliphatic heterocycles. The molecule has 0 bridgehead atoms. The topological polar surface area (TPSA) is 357 Å². The number of hydrogen-bond donors (Lipinski definition) is 12. The van der Waals surface area contributed by atoms with Crippen molar-refractivity contribution in [2.24, 2.45) is 11.5 Å². The van der Waals surface area contributed by atoms with Gasteiger partial charge in [-0.15, -0.1) is 0 Å². The van der Waals surface area contributed by atoms with Crippen LogP contribution < -0.4 is 11.5 Å². The Morgan fingerprint density at radius 1 is 0.600 bits per heavy atom. The Bertz CT molecular complexity index is 707. The first kappa shape index (κ1) is 31.6. The minimum Gasteiger partial charge on any atom is -0.481 e. The largest absolute Gasteiger partial charge is 0.481 e. The zero-order chi connectivity index (χ0) is 25.0. The van der Waals surface area contributed by atoms with Crippen LogP contribution in [0.1, 0.15) is 25.7 Å². The van der Waals surface area contributed by atoms with Crippen molar-refractivity contribution in [3.8, 4) is 0 Å². The molecule has 0 radical (unpaired) electrons. The highest BCUT2D eigenvalue weighted by Crippen LogP contribution is 2.75. The normalized spacial score (nSPS) is 13.9. The average Bonchev–Trinajstić information content (AvgIpc) is 2.41. The molecular weight excluding hydrogens is 504 g/mol. The molecule has 18 nitrogen and oxygen atoms in total. The van der Waals surface area contributed by atoms with Gasteiger partial charge in [0.25, 0.3) is 0 Å². The van der Waals surface area contributed by atoms with Gasteiger partial charge in [-0.2, -0.15) is 0 Å². The van der Waals surface area contributed by atoms with Gasteiger partial charge in [-0.3, -0.25) is 27.8 Å². The lowest BCUT2D eigenvalue weighted by Gasteiger charge is -2.38.